The number of likely N-dealkylation sites (tertiary alicyclic amines) is 1. The minimum Gasteiger partial charge on any atom is -0.370 e. The van der Waals surface area contributed by atoms with Crippen LogP contribution in [0, 0.1) is 0 Å². The molecule has 3 heterocycles. The van der Waals surface area contributed by atoms with E-state index in [1.54, 1.807) is 0 Å². The minimum atomic E-state index is 0.550. The normalized spacial score (nSPS) is 24.9. The molecule has 0 aliphatic carbocycles. The van der Waals surface area contributed by atoms with Crippen LogP contribution in [0.15, 0.2) is 18.5 Å². The highest BCUT2D eigenvalue weighted by Crippen LogP contribution is 2.28. The molecule has 1 unspecified atom stereocenters. The zero-order chi connectivity index (χ0) is 12.4. The van der Waals surface area contributed by atoms with Crippen molar-refractivity contribution < 1.29 is 0 Å². The molecule has 1 atom stereocenters. The van der Waals surface area contributed by atoms with E-state index in [0.717, 1.165) is 24.7 Å². The fourth-order valence-corrected chi connectivity index (χ4v) is 3.40. The zero-order valence-electron chi connectivity index (χ0n) is 10.7. The van der Waals surface area contributed by atoms with E-state index >= 15 is 0 Å². The van der Waals surface area contributed by atoms with Gasteiger partial charge in [0.1, 0.15) is 0 Å². The van der Waals surface area contributed by atoms with Gasteiger partial charge in [0.2, 0.25) is 0 Å². The van der Waals surface area contributed by atoms with Gasteiger partial charge in [0, 0.05) is 42.8 Å². The van der Waals surface area contributed by atoms with Crippen LogP contribution in [0.1, 0.15) is 24.8 Å². The third-order valence-electron chi connectivity index (χ3n) is 4.18. The molecule has 0 saturated carbocycles. The van der Waals surface area contributed by atoms with Crippen LogP contribution in [0.2, 0.25) is 0 Å². The highest BCUT2D eigenvalue weighted by Gasteiger charge is 2.29. The molecule has 18 heavy (non-hydrogen) atoms. The lowest BCUT2D eigenvalue weighted by Crippen LogP contribution is -2.35. The summed E-state index contributed by atoms with van der Waals surface area (Å²) in [6, 6.07) is 2.84. The van der Waals surface area contributed by atoms with Crippen LogP contribution in [0.25, 0.3) is 0 Å². The molecule has 0 spiro atoms. The predicted molar refractivity (Wildman–Crippen MR) is 75.2 cm³/mol. The van der Waals surface area contributed by atoms with Gasteiger partial charge in [-0.1, -0.05) is 0 Å². The third-order valence-corrected chi connectivity index (χ3v) is 4.47. The van der Waals surface area contributed by atoms with E-state index in [1.807, 2.05) is 12.4 Å². The highest BCUT2D eigenvalue weighted by molar-refractivity contribution is 6.17. The summed E-state index contributed by atoms with van der Waals surface area (Å²) in [5.74, 6) is 0.550. The van der Waals surface area contributed by atoms with Crippen LogP contribution in [-0.4, -0.2) is 42.1 Å². The molecule has 0 N–H and O–H groups in total. The molecule has 3 rings (SSSR count). The number of hydrogen-bond acceptors (Lipinski definition) is 3. The summed E-state index contributed by atoms with van der Waals surface area (Å²) in [4.78, 5) is 9.29. The smallest absolute Gasteiger partial charge is 0.0509 e. The third kappa shape index (κ3) is 2.34. The summed E-state index contributed by atoms with van der Waals surface area (Å²) >= 11 is 6.00. The summed E-state index contributed by atoms with van der Waals surface area (Å²) in [6.45, 7) is 4.87. The van der Waals surface area contributed by atoms with Crippen LogP contribution in [0.3, 0.4) is 0 Å². The first-order valence-electron chi connectivity index (χ1n) is 6.86. The van der Waals surface area contributed by atoms with Gasteiger partial charge in [-0.25, -0.2) is 0 Å². The molecule has 3 nitrogen and oxygen atoms in total. The Kier molecular flexibility index (Phi) is 3.71. The maximum atomic E-state index is 6.00. The van der Waals surface area contributed by atoms with Gasteiger partial charge in [0.15, 0.2) is 0 Å². The summed E-state index contributed by atoms with van der Waals surface area (Å²) < 4.78 is 0. The van der Waals surface area contributed by atoms with E-state index in [9.17, 15) is 0 Å². The summed E-state index contributed by atoms with van der Waals surface area (Å²) in [5, 5.41) is 0. The summed E-state index contributed by atoms with van der Waals surface area (Å²) in [5.41, 5.74) is 2.43. The van der Waals surface area contributed by atoms with Crippen LogP contribution >= 0.6 is 11.6 Å². The Hall–Kier alpha value is -0.800. The Morgan fingerprint density at radius 3 is 2.89 bits per heavy atom. The van der Waals surface area contributed by atoms with Gasteiger partial charge in [0.25, 0.3) is 0 Å². The zero-order valence-corrected chi connectivity index (χ0v) is 11.4. The van der Waals surface area contributed by atoms with Crippen molar-refractivity contribution in [2.75, 3.05) is 31.1 Å². The Balaban J connectivity index is 1.71. The van der Waals surface area contributed by atoms with Crippen molar-refractivity contribution in [1.29, 1.82) is 0 Å². The second-order valence-corrected chi connectivity index (χ2v) is 5.54. The fourth-order valence-electron chi connectivity index (χ4n) is 3.20. The second kappa shape index (κ2) is 5.45. The molecular weight excluding hydrogens is 246 g/mol. The van der Waals surface area contributed by atoms with Gasteiger partial charge < -0.3 is 4.90 Å². The monoisotopic (exact) mass is 265 g/mol. The summed E-state index contributed by atoms with van der Waals surface area (Å²) in [7, 11) is 0. The standard InChI is InChI=1S/C14H20ClN3/c15-9-12-10-16-5-3-14(12)18-8-4-13(11-18)17-6-1-2-7-17/h3,5,10,13H,1-2,4,6-9,11H2. The lowest BCUT2D eigenvalue weighted by Gasteiger charge is -2.25. The lowest BCUT2D eigenvalue weighted by atomic mass is 10.2. The maximum absolute atomic E-state index is 6.00. The first kappa shape index (κ1) is 12.2. The second-order valence-electron chi connectivity index (χ2n) is 5.27. The van der Waals surface area contributed by atoms with E-state index in [0.29, 0.717) is 5.88 Å². The first-order chi connectivity index (χ1) is 8.88. The Labute approximate surface area is 114 Å². The molecule has 2 saturated heterocycles. The van der Waals surface area contributed by atoms with Gasteiger partial charge in [0.05, 0.1) is 5.88 Å². The van der Waals surface area contributed by atoms with Crippen molar-refractivity contribution in [3.8, 4) is 0 Å². The number of alkyl halides is 1. The van der Waals surface area contributed by atoms with Gasteiger partial charge in [-0.15, -0.1) is 11.6 Å². The SMILES string of the molecule is ClCc1cnccc1N1CCC(N2CCCC2)C1. The molecule has 98 valence electrons. The van der Waals surface area contributed by atoms with Crippen LogP contribution in [0.5, 0.6) is 0 Å². The van der Waals surface area contributed by atoms with Gasteiger partial charge in [-0.2, -0.15) is 0 Å². The molecule has 0 bridgehead atoms. The molecular formula is C14H20ClN3. The number of hydrogen-bond donors (Lipinski definition) is 0. The predicted octanol–water partition coefficient (Wildman–Crippen LogP) is 2.49. The van der Waals surface area contributed by atoms with Gasteiger partial charge >= 0.3 is 0 Å². The summed E-state index contributed by atoms with van der Waals surface area (Å²) in [6.07, 6.45) is 7.79. The lowest BCUT2D eigenvalue weighted by molar-refractivity contribution is 0.260. The van der Waals surface area contributed by atoms with Crippen LogP contribution in [0.4, 0.5) is 5.69 Å². The van der Waals surface area contributed by atoms with E-state index in [-0.39, 0.29) is 0 Å². The van der Waals surface area contributed by atoms with Crippen molar-refractivity contribution in [1.82, 2.24) is 9.88 Å². The van der Waals surface area contributed by atoms with E-state index in [2.05, 4.69) is 20.9 Å². The average Bonchev–Trinajstić information content (AvgIpc) is 3.09. The highest BCUT2D eigenvalue weighted by atomic mass is 35.5. The number of halogens is 1. The molecule has 0 amide bonds. The first-order valence-corrected chi connectivity index (χ1v) is 7.40. The quantitative estimate of drug-likeness (QED) is 0.783. The van der Waals surface area contributed by atoms with Crippen molar-refractivity contribution in [2.45, 2.75) is 31.2 Å². The Morgan fingerprint density at radius 1 is 1.28 bits per heavy atom. The number of nitrogens with zero attached hydrogens (tertiary/aromatic N) is 3. The number of rotatable bonds is 3. The topological polar surface area (TPSA) is 19.4 Å². The van der Waals surface area contributed by atoms with E-state index in [4.69, 9.17) is 11.6 Å². The number of pyridine rings is 1. The number of aromatic nitrogens is 1. The van der Waals surface area contributed by atoms with Gasteiger partial charge in [-0.3, -0.25) is 9.88 Å². The van der Waals surface area contributed by atoms with Crippen molar-refractivity contribution in [3.63, 3.8) is 0 Å². The van der Waals surface area contributed by atoms with Crippen molar-refractivity contribution in [2.24, 2.45) is 0 Å². The van der Waals surface area contributed by atoms with E-state index in [1.165, 1.54) is 38.0 Å². The largest absolute Gasteiger partial charge is 0.370 e. The molecule has 0 radical (unpaired) electrons. The maximum Gasteiger partial charge on any atom is 0.0509 e. The van der Waals surface area contributed by atoms with Crippen LogP contribution in [-0.2, 0) is 5.88 Å². The molecule has 2 aliphatic heterocycles. The molecule has 1 aromatic heterocycles. The molecule has 2 fully saturated rings. The molecule has 4 heteroatoms. The molecule has 2 aliphatic rings. The Morgan fingerprint density at radius 2 is 2.11 bits per heavy atom. The van der Waals surface area contributed by atoms with E-state index < -0.39 is 0 Å². The van der Waals surface area contributed by atoms with Crippen molar-refractivity contribution >= 4 is 17.3 Å². The minimum absolute atomic E-state index is 0.550. The molecule has 0 aromatic carbocycles. The number of anilines is 1. The average molecular weight is 266 g/mol. The molecule has 1 aromatic rings. The van der Waals surface area contributed by atoms with Crippen molar-refractivity contribution in [3.05, 3.63) is 24.0 Å². The fraction of sp³-hybridized carbons (Fsp3) is 0.643. The Bertz CT molecular complexity index is 404. The van der Waals surface area contributed by atoms with Gasteiger partial charge in [-0.05, 0) is 38.4 Å². The van der Waals surface area contributed by atoms with Crippen LogP contribution < -0.4 is 4.90 Å².